The van der Waals surface area contributed by atoms with Gasteiger partial charge in [-0.2, -0.15) is 0 Å². The van der Waals surface area contributed by atoms with E-state index in [1.165, 1.54) is 18.9 Å². The first-order chi connectivity index (χ1) is 14.9. The Balaban J connectivity index is 1.62. The van der Waals surface area contributed by atoms with E-state index in [0.29, 0.717) is 39.0 Å². The van der Waals surface area contributed by atoms with Gasteiger partial charge in [0.05, 0.1) is 21.1 Å². The van der Waals surface area contributed by atoms with E-state index in [0.717, 1.165) is 19.6 Å². The maximum absolute atomic E-state index is 14.3. The van der Waals surface area contributed by atoms with Crippen molar-refractivity contribution in [2.24, 2.45) is 0 Å². The van der Waals surface area contributed by atoms with Gasteiger partial charge in [0.2, 0.25) is 5.91 Å². The highest BCUT2D eigenvalue weighted by molar-refractivity contribution is 6.42. The topological polar surface area (TPSA) is 50.2 Å². The zero-order chi connectivity index (χ0) is 22.0. The number of fused-ring (bicyclic) bond motifs is 1. The molecule has 1 unspecified atom stereocenters. The third kappa shape index (κ3) is 4.86. The van der Waals surface area contributed by atoms with Gasteiger partial charge < -0.3 is 14.8 Å². The quantitative estimate of drug-likeness (QED) is 0.545. The van der Waals surface area contributed by atoms with Gasteiger partial charge in [0, 0.05) is 19.5 Å². The number of hydrogen-bond acceptors (Lipinski definition) is 3. The predicted octanol–water partition coefficient (Wildman–Crippen LogP) is 4.85. The number of halogens is 3. The Kier molecular flexibility index (Phi) is 6.80. The van der Waals surface area contributed by atoms with Crippen molar-refractivity contribution < 1.29 is 9.18 Å². The molecule has 1 saturated heterocycles. The molecule has 31 heavy (non-hydrogen) atoms. The molecule has 3 aromatic rings. The van der Waals surface area contributed by atoms with Crippen molar-refractivity contribution in [1.82, 2.24) is 19.8 Å². The molecule has 1 N–H and O–H groups in total. The average Bonchev–Trinajstić information content (AvgIpc) is 3.37. The third-order valence-corrected chi connectivity index (χ3v) is 6.53. The van der Waals surface area contributed by atoms with Crippen LogP contribution in [-0.2, 0) is 11.2 Å². The lowest BCUT2D eigenvalue weighted by atomic mass is 10.1. The van der Waals surface area contributed by atoms with Crippen LogP contribution in [0.3, 0.4) is 0 Å². The maximum atomic E-state index is 14.3. The minimum absolute atomic E-state index is 0.112. The van der Waals surface area contributed by atoms with Crippen molar-refractivity contribution in [1.29, 1.82) is 0 Å². The molecule has 1 amide bonds. The lowest BCUT2D eigenvalue weighted by molar-refractivity contribution is -0.123. The Labute approximate surface area is 191 Å². The van der Waals surface area contributed by atoms with E-state index in [1.807, 2.05) is 11.5 Å². The fourth-order valence-corrected chi connectivity index (χ4v) is 4.43. The predicted molar refractivity (Wildman–Crippen MR) is 122 cm³/mol. The zero-order valence-electron chi connectivity index (χ0n) is 17.4. The number of nitrogens with one attached hydrogen (secondary N) is 1. The second kappa shape index (κ2) is 9.55. The Bertz CT molecular complexity index is 1090. The lowest BCUT2D eigenvalue weighted by Gasteiger charge is -2.19. The molecule has 1 aliphatic rings. The van der Waals surface area contributed by atoms with E-state index < -0.39 is 6.04 Å². The summed E-state index contributed by atoms with van der Waals surface area (Å²) in [5, 5.41) is 3.80. The molecule has 164 valence electrons. The molecule has 0 saturated carbocycles. The van der Waals surface area contributed by atoms with Crippen molar-refractivity contribution in [3.05, 3.63) is 63.6 Å². The van der Waals surface area contributed by atoms with Crippen LogP contribution < -0.4 is 5.32 Å². The molecule has 1 aliphatic heterocycles. The number of amides is 1. The van der Waals surface area contributed by atoms with Crippen LogP contribution in [0.2, 0.25) is 10.0 Å². The molecule has 0 spiro atoms. The molecule has 2 heterocycles. The van der Waals surface area contributed by atoms with Crippen LogP contribution in [0.4, 0.5) is 4.39 Å². The molecule has 1 atom stereocenters. The van der Waals surface area contributed by atoms with Crippen LogP contribution in [0, 0.1) is 5.82 Å². The van der Waals surface area contributed by atoms with Gasteiger partial charge in [-0.1, -0.05) is 41.4 Å². The summed E-state index contributed by atoms with van der Waals surface area (Å²) < 4.78 is 16.1. The van der Waals surface area contributed by atoms with Gasteiger partial charge in [-0.3, -0.25) is 4.79 Å². The Morgan fingerprint density at radius 3 is 2.65 bits per heavy atom. The van der Waals surface area contributed by atoms with Gasteiger partial charge in [-0.05, 0) is 56.6 Å². The van der Waals surface area contributed by atoms with E-state index in [9.17, 15) is 9.18 Å². The Morgan fingerprint density at radius 1 is 1.19 bits per heavy atom. The SMILES string of the molecule is CC(C(=O)NCCN1CCCC1)n1c(Cc2ccccc2F)nc2cc(Cl)c(Cl)cc21. The molecule has 0 bridgehead atoms. The Morgan fingerprint density at radius 2 is 1.90 bits per heavy atom. The third-order valence-electron chi connectivity index (χ3n) is 5.80. The molecule has 8 heteroatoms. The fourth-order valence-electron chi connectivity index (χ4n) is 4.12. The second-order valence-corrected chi connectivity index (χ2v) is 8.75. The normalized spacial score (nSPS) is 15.5. The van der Waals surface area contributed by atoms with Crippen LogP contribution in [0.1, 0.15) is 37.2 Å². The highest BCUT2D eigenvalue weighted by Gasteiger charge is 2.23. The summed E-state index contributed by atoms with van der Waals surface area (Å²) in [6, 6.07) is 9.43. The smallest absolute Gasteiger partial charge is 0.242 e. The van der Waals surface area contributed by atoms with Gasteiger partial charge in [-0.25, -0.2) is 9.37 Å². The van der Waals surface area contributed by atoms with Crippen LogP contribution in [-0.4, -0.2) is 46.5 Å². The highest BCUT2D eigenvalue weighted by Crippen LogP contribution is 2.31. The number of hydrogen-bond donors (Lipinski definition) is 1. The summed E-state index contributed by atoms with van der Waals surface area (Å²) in [4.78, 5) is 20.0. The summed E-state index contributed by atoms with van der Waals surface area (Å²) in [6.07, 6.45) is 2.68. The number of nitrogens with zero attached hydrogens (tertiary/aromatic N) is 3. The van der Waals surface area contributed by atoms with Crippen LogP contribution in [0.5, 0.6) is 0 Å². The fraction of sp³-hybridized carbons (Fsp3) is 0.391. The summed E-state index contributed by atoms with van der Waals surface area (Å²) in [6.45, 7) is 5.42. The first-order valence-corrected chi connectivity index (χ1v) is 11.3. The molecule has 2 aromatic carbocycles. The van der Waals surface area contributed by atoms with Gasteiger partial charge >= 0.3 is 0 Å². The molecule has 5 nitrogen and oxygen atoms in total. The van der Waals surface area contributed by atoms with E-state index >= 15 is 0 Å². The number of carbonyl (C=O) groups is 1. The van der Waals surface area contributed by atoms with E-state index in [-0.39, 0.29) is 18.1 Å². The van der Waals surface area contributed by atoms with Crippen molar-refractivity contribution in [2.45, 2.75) is 32.2 Å². The first-order valence-electron chi connectivity index (χ1n) is 10.5. The zero-order valence-corrected chi connectivity index (χ0v) is 18.9. The average molecular weight is 463 g/mol. The van der Waals surface area contributed by atoms with Gasteiger partial charge in [0.25, 0.3) is 0 Å². The summed E-state index contributed by atoms with van der Waals surface area (Å²) >= 11 is 12.4. The van der Waals surface area contributed by atoms with E-state index in [4.69, 9.17) is 23.2 Å². The summed E-state index contributed by atoms with van der Waals surface area (Å²) in [5.74, 6) is 0.167. The summed E-state index contributed by atoms with van der Waals surface area (Å²) in [7, 11) is 0. The van der Waals surface area contributed by atoms with Crippen LogP contribution in [0.15, 0.2) is 36.4 Å². The van der Waals surface area contributed by atoms with Crippen LogP contribution in [0.25, 0.3) is 11.0 Å². The summed E-state index contributed by atoms with van der Waals surface area (Å²) in [5.41, 5.74) is 1.83. The Hall–Kier alpha value is -2.15. The molecule has 1 fully saturated rings. The van der Waals surface area contributed by atoms with Crippen molar-refractivity contribution >= 4 is 40.1 Å². The largest absolute Gasteiger partial charge is 0.353 e. The minimum atomic E-state index is -0.539. The van der Waals surface area contributed by atoms with Crippen molar-refractivity contribution in [3.63, 3.8) is 0 Å². The molecule has 0 aliphatic carbocycles. The molecule has 4 rings (SSSR count). The molecule has 0 radical (unpaired) electrons. The number of aromatic nitrogens is 2. The minimum Gasteiger partial charge on any atom is -0.353 e. The number of imidazole rings is 1. The lowest BCUT2D eigenvalue weighted by Crippen LogP contribution is -2.37. The molecule has 1 aromatic heterocycles. The number of benzene rings is 2. The van der Waals surface area contributed by atoms with Crippen molar-refractivity contribution in [2.75, 3.05) is 26.2 Å². The number of carbonyl (C=O) groups excluding carboxylic acids is 1. The van der Waals surface area contributed by atoms with Gasteiger partial charge in [-0.15, -0.1) is 0 Å². The van der Waals surface area contributed by atoms with Crippen LogP contribution >= 0.6 is 23.2 Å². The monoisotopic (exact) mass is 462 g/mol. The van der Waals surface area contributed by atoms with Gasteiger partial charge in [0.15, 0.2) is 0 Å². The van der Waals surface area contributed by atoms with E-state index in [1.54, 1.807) is 30.3 Å². The first kappa shape index (κ1) is 22.1. The standard InChI is InChI=1S/C23H25Cl2FN4O/c1-15(23(31)27-8-11-29-9-4-5-10-29)30-21-14-18(25)17(24)13-20(21)28-22(30)12-16-6-2-3-7-19(16)26/h2-3,6-7,13-15H,4-5,8-12H2,1H3,(H,27,31). The van der Waals surface area contributed by atoms with Gasteiger partial charge in [0.1, 0.15) is 17.7 Å². The highest BCUT2D eigenvalue weighted by atomic mass is 35.5. The molecular formula is C23H25Cl2FN4O. The second-order valence-electron chi connectivity index (χ2n) is 7.94. The van der Waals surface area contributed by atoms with Crippen molar-refractivity contribution in [3.8, 4) is 0 Å². The number of rotatable bonds is 7. The molecular weight excluding hydrogens is 438 g/mol. The number of likely N-dealkylation sites (tertiary alicyclic amines) is 1. The maximum Gasteiger partial charge on any atom is 0.242 e. The van der Waals surface area contributed by atoms with E-state index in [2.05, 4.69) is 15.2 Å².